The van der Waals surface area contributed by atoms with Gasteiger partial charge in [0.05, 0.1) is 0 Å². The first-order valence-electron chi connectivity index (χ1n) is 12.7. The molecule has 0 aromatic rings. The summed E-state index contributed by atoms with van der Waals surface area (Å²) in [7, 11) is 0. The quantitative estimate of drug-likeness (QED) is 0.171. The predicted molar refractivity (Wildman–Crippen MR) is 145 cm³/mol. The Morgan fingerprint density at radius 2 is 0.677 bits per heavy atom. The fraction of sp³-hybridized carbons (Fsp3) is 0.613. The van der Waals surface area contributed by atoms with E-state index < -0.39 is 0 Å². The molecule has 0 aliphatic heterocycles. The van der Waals surface area contributed by atoms with Crippen LogP contribution in [0.25, 0.3) is 0 Å². The minimum atomic E-state index is 1.17. The Balaban J connectivity index is 4.07. The van der Waals surface area contributed by atoms with Gasteiger partial charge in [0.2, 0.25) is 0 Å². The molecule has 0 bridgehead atoms. The molecule has 0 aromatic heterocycles. The van der Waals surface area contributed by atoms with Crippen LogP contribution in [0.3, 0.4) is 0 Å². The molecule has 0 radical (unpaired) electrons. The van der Waals surface area contributed by atoms with Crippen molar-refractivity contribution in [1.82, 2.24) is 0 Å². The molecule has 0 heteroatoms. The van der Waals surface area contributed by atoms with E-state index in [1.165, 1.54) is 104 Å². The number of allylic oxidation sites excluding steroid dienone is 12. The van der Waals surface area contributed by atoms with E-state index in [2.05, 4.69) is 91.8 Å². The monoisotopic (exact) mass is 424 g/mol. The van der Waals surface area contributed by atoms with E-state index in [1.54, 1.807) is 0 Å². The van der Waals surface area contributed by atoms with Crippen molar-refractivity contribution < 1.29 is 0 Å². The molecule has 176 valence electrons. The molecule has 0 unspecified atom stereocenters. The van der Waals surface area contributed by atoms with E-state index in [0.29, 0.717) is 0 Å². The molecule has 0 atom stereocenters. The summed E-state index contributed by atoms with van der Waals surface area (Å²) in [5, 5.41) is 0. The normalized spacial score (nSPS) is 14.3. The maximum atomic E-state index is 2.44. The van der Waals surface area contributed by atoms with Crippen LogP contribution in [-0.2, 0) is 0 Å². The van der Waals surface area contributed by atoms with Crippen LogP contribution in [0.2, 0.25) is 0 Å². The van der Waals surface area contributed by atoms with Crippen LogP contribution in [0.5, 0.6) is 0 Å². The van der Waals surface area contributed by atoms with Crippen LogP contribution in [0.4, 0.5) is 0 Å². The summed E-state index contributed by atoms with van der Waals surface area (Å²) < 4.78 is 0. The molecule has 0 heterocycles. The smallest absolute Gasteiger partial charge is 0.0288 e. The Morgan fingerprint density at radius 3 is 1.00 bits per heavy atom. The van der Waals surface area contributed by atoms with Gasteiger partial charge < -0.3 is 0 Å². The molecule has 0 rings (SSSR count). The Hall–Kier alpha value is -1.56. The highest BCUT2D eigenvalue weighted by atomic mass is 14.0. The molecule has 0 nitrogen and oxygen atoms in total. The maximum Gasteiger partial charge on any atom is -0.0288 e. The van der Waals surface area contributed by atoms with Crippen molar-refractivity contribution in [1.29, 1.82) is 0 Å². The molecular formula is C31H52. The molecule has 0 saturated heterocycles. The van der Waals surface area contributed by atoms with Crippen LogP contribution in [0.1, 0.15) is 126 Å². The van der Waals surface area contributed by atoms with Gasteiger partial charge in [-0.3, -0.25) is 0 Å². The first-order valence-corrected chi connectivity index (χ1v) is 12.7. The van der Waals surface area contributed by atoms with Crippen molar-refractivity contribution in [2.24, 2.45) is 0 Å². The highest BCUT2D eigenvalue weighted by Gasteiger charge is 1.94. The van der Waals surface area contributed by atoms with Crippen LogP contribution >= 0.6 is 0 Å². The zero-order chi connectivity index (χ0) is 23.5. The van der Waals surface area contributed by atoms with Gasteiger partial charge in [-0.05, 0) is 119 Å². The Labute approximate surface area is 196 Å². The molecule has 0 spiro atoms. The lowest BCUT2D eigenvalue weighted by Gasteiger charge is -2.03. The second-order valence-corrected chi connectivity index (χ2v) is 9.62. The zero-order valence-electron chi connectivity index (χ0n) is 22.2. The maximum absolute atomic E-state index is 2.44. The predicted octanol–water partition coefficient (Wildman–Crippen LogP) is 11.0. The highest BCUT2D eigenvalue weighted by Crippen LogP contribution is 2.14. The zero-order valence-corrected chi connectivity index (χ0v) is 22.2. The van der Waals surface area contributed by atoms with Gasteiger partial charge in [0.1, 0.15) is 0 Å². The first kappa shape index (κ1) is 29.4. The third kappa shape index (κ3) is 20.1. The van der Waals surface area contributed by atoms with Crippen LogP contribution in [0.15, 0.2) is 69.9 Å². The van der Waals surface area contributed by atoms with Crippen LogP contribution < -0.4 is 0 Å². The second kappa shape index (κ2) is 19.1. The molecular weight excluding hydrogens is 372 g/mol. The van der Waals surface area contributed by atoms with Crippen LogP contribution in [0, 0.1) is 0 Å². The van der Waals surface area contributed by atoms with E-state index in [4.69, 9.17) is 0 Å². The second-order valence-electron chi connectivity index (χ2n) is 9.62. The molecule has 31 heavy (non-hydrogen) atoms. The average Bonchev–Trinajstić information content (AvgIpc) is 2.70. The topological polar surface area (TPSA) is 0 Å². The molecule has 0 aliphatic carbocycles. The molecule has 0 amide bonds. The van der Waals surface area contributed by atoms with Crippen molar-refractivity contribution in [3.8, 4) is 0 Å². The third-order valence-electron chi connectivity index (χ3n) is 5.90. The lowest BCUT2D eigenvalue weighted by molar-refractivity contribution is 0.895. The highest BCUT2D eigenvalue weighted by molar-refractivity contribution is 5.08. The summed E-state index contributed by atoms with van der Waals surface area (Å²) in [6.07, 6.45) is 27.5. The van der Waals surface area contributed by atoms with Crippen molar-refractivity contribution in [3.05, 3.63) is 69.9 Å². The Morgan fingerprint density at radius 1 is 0.387 bits per heavy atom. The van der Waals surface area contributed by atoms with E-state index in [-0.39, 0.29) is 0 Å². The standard InChI is InChI=1S/C31H52/c1-9-27(4)19-13-21-31(8)25-15-23-29(6)18-11-10-17-28(5)22-14-24-30(7)20-12-16-26(2)3/h16-19,24-25H,9-15,20-23H2,1-8H3/b27-19-,28-17+,29-18+,30-24+,31-25+. The average molecular weight is 425 g/mol. The number of rotatable bonds is 16. The first-order chi connectivity index (χ1) is 14.7. The molecule has 0 aliphatic rings. The van der Waals surface area contributed by atoms with Crippen molar-refractivity contribution in [2.45, 2.75) is 126 Å². The van der Waals surface area contributed by atoms with Gasteiger partial charge in [-0.1, -0.05) is 76.8 Å². The summed E-state index contributed by atoms with van der Waals surface area (Å²) in [6, 6.07) is 0. The summed E-state index contributed by atoms with van der Waals surface area (Å²) in [5.74, 6) is 0. The summed E-state index contributed by atoms with van der Waals surface area (Å²) >= 11 is 0. The van der Waals surface area contributed by atoms with E-state index in [1.807, 2.05) is 0 Å². The van der Waals surface area contributed by atoms with Gasteiger partial charge in [-0.25, -0.2) is 0 Å². The Kier molecular flexibility index (Phi) is 18.2. The van der Waals surface area contributed by atoms with Crippen molar-refractivity contribution >= 4 is 0 Å². The minimum Gasteiger partial charge on any atom is -0.0856 e. The molecule has 0 fully saturated rings. The molecule has 0 aromatic carbocycles. The van der Waals surface area contributed by atoms with E-state index in [9.17, 15) is 0 Å². The van der Waals surface area contributed by atoms with Gasteiger partial charge in [-0.2, -0.15) is 0 Å². The minimum absolute atomic E-state index is 1.17. The lowest BCUT2D eigenvalue weighted by Crippen LogP contribution is -1.82. The summed E-state index contributed by atoms with van der Waals surface area (Å²) in [6.45, 7) is 17.9. The number of unbranched alkanes of at least 4 members (excludes halogenated alkanes) is 1. The molecule has 0 N–H and O–H groups in total. The number of hydrogen-bond donors (Lipinski definition) is 0. The van der Waals surface area contributed by atoms with Crippen LogP contribution in [-0.4, -0.2) is 0 Å². The largest absolute Gasteiger partial charge is 0.0856 e. The third-order valence-corrected chi connectivity index (χ3v) is 5.90. The van der Waals surface area contributed by atoms with E-state index >= 15 is 0 Å². The fourth-order valence-electron chi connectivity index (χ4n) is 3.44. The number of hydrogen-bond acceptors (Lipinski definition) is 0. The van der Waals surface area contributed by atoms with E-state index in [0.717, 1.165) is 0 Å². The fourth-order valence-corrected chi connectivity index (χ4v) is 3.44. The van der Waals surface area contributed by atoms with Gasteiger partial charge in [0, 0.05) is 0 Å². The van der Waals surface area contributed by atoms with Crippen molar-refractivity contribution in [3.63, 3.8) is 0 Å². The Bertz CT molecular complexity index is 654. The lowest BCUT2D eigenvalue weighted by atomic mass is 10.0. The SMILES string of the molecule is CC/C(C)=C\CC/C(C)=C/CC/C(C)=C/CC/C=C(\C)CC/C=C(\C)CCC=C(C)C. The summed E-state index contributed by atoms with van der Waals surface area (Å²) in [5.41, 5.74) is 9.07. The van der Waals surface area contributed by atoms with Gasteiger partial charge in [0.25, 0.3) is 0 Å². The molecule has 0 saturated carbocycles. The van der Waals surface area contributed by atoms with Crippen molar-refractivity contribution in [2.75, 3.05) is 0 Å². The van der Waals surface area contributed by atoms with Gasteiger partial charge in [0.15, 0.2) is 0 Å². The van der Waals surface area contributed by atoms with Gasteiger partial charge >= 0.3 is 0 Å². The summed E-state index contributed by atoms with van der Waals surface area (Å²) in [4.78, 5) is 0. The van der Waals surface area contributed by atoms with Gasteiger partial charge in [-0.15, -0.1) is 0 Å².